The van der Waals surface area contributed by atoms with Crippen molar-refractivity contribution >= 4 is 16.9 Å². The van der Waals surface area contributed by atoms with Crippen LogP contribution >= 0.6 is 0 Å². The van der Waals surface area contributed by atoms with Gasteiger partial charge in [-0.3, -0.25) is 9.59 Å². The molecule has 196 valence electrons. The minimum atomic E-state index is -0.623. The number of carbonyl (C=O) groups is 1. The van der Waals surface area contributed by atoms with Gasteiger partial charge in [-0.1, -0.05) is 62.2 Å². The highest BCUT2D eigenvalue weighted by Gasteiger charge is 2.43. The van der Waals surface area contributed by atoms with Gasteiger partial charge in [-0.25, -0.2) is 0 Å². The van der Waals surface area contributed by atoms with Crippen LogP contribution in [0.4, 0.5) is 0 Å². The molecular formula is C32H33NO5. The third-order valence-electron chi connectivity index (χ3n) is 7.12. The van der Waals surface area contributed by atoms with E-state index in [9.17, 15) is 9.59 Å². The van der Waals surface area contributed by atoms with E-state index in [1.807, 2.05) is 74.5 Å². The third kappa shape index (κ3) is 4.67. The largest absolute Gasteiger partial charge is 0.493 e. The molecule has 0 N–H and O–H groups in total. The quantitative estimate of drug-likeness (QED) is 0.233. The van der Waals surface area contributed by atoms with E-state index in [-0.39, 0.29) is 17.1 Å². The smallest absolute Gasteiger partial charge is 0.291 e. The van der Waals surface area contributed by atoms with Crippen LogP contribution in [0.2, 0.25) is 0 Å². The van der Waals surface area contributed by atoms with E-state index in [0.717, 1.165) is 41.5 Å². The zero-order valence-corrected chi connectivity index (χ0v) is 22.4. The van der Waals surface area contributed by atoms with E-state index in [0.29, 0.717) is 41.2 Å². The van der Waals surface area contributed by atoms with Gasteiger partial charge in [0.2, 0.25) is 5.76 Å². The number of nitrogens with zero attached hydrogens (tertiary/aromatic N) is 1. The highest BCUT2D eigenvalue weighted by molar-refractivity contribution is 5.99. The number of amides is 1. The van der Waals surface area contributed by atoms with Crippen LogP contribution in [-0.4, -0.2) is 24.5 Å². The molecule has 0 radical (unpaired) electrons. The summed E-state index contributed by atoms with van der Waals surface area (Å²) >= 11 is 0. The predicted octanol–water partition coefficient (Wildman–Crippen LogP) is 6.73. The number of ether oxygens (including phenoxy) is 2. The molecule has 0 aliphatic carbocycles. The molecular weight excluding hydrogens is 478 g/mol. The zero-order valence-electron chi connectivity index (χ0n) is 22.4. The third-order valence-corrected chi connectivity index (χ3v) is 7.12. The second-order valence-electron chi connectivity index (χ2n) is 9.92. The Morgan fingerprint density at radius 2 is 1.74 bits per heavy atom. The molecule has 2 heterocycles. The van der Waals surface area contributed by atoms with Crippen molar-refractivity contribution in [3.63, 3.8) is 0 Å². The van der Waals surface area contributed by atoms with Crippen molar-refractivity contribution < 1.29 is 18.7 Å². The van der Waals surface area contributed by atoms with Crippen molar-refractivity contribution in [1.29, 1.82) is 0 Å². The number of hydrogen-bond acceptors (Lipinski definition) is 5. The maximum atomic E-state index is 14.0. The Hall–Kier alpha value is -4.06. The highest BCUT2D eigenvalue weighted by Crippen LogP contribution is 2.42. The van der Waals surface area contributed by atoms with Crippen LogP contribution in [0.1, 0.15) is 70.6 Å². The summed E-state index contributed by atoms with van der Waals surface area (Å²) in [5.41, 5.74) is 4.16. The van der Waals surface area contributed by atoms with Crippen molar-refractivity contribution in [2.24, 2.45) is 0 Å². The molecule has 1 amide bonds. The molecule has 1 unspecified atom stereocenters. The Kier molecular flexibility index (Phi) is 7.23. The van der Waals surface area contributed by atoms with Crippen molar-refractivity contribution in [2.75, 3.05) is 13.7 Å². The summed E-state index contributed by atoms with van der Waals surface area (Å²) in [6.45, 7) is 6.94. The van der Waals surface area contributed by atoms with Gasteiger partial charge < -0.3 is 18.8 Å². The molecule has 1 aromatic heterocycles. The normalized spacial score (nSPS) is 14.7. The van der Waals surface area contributed by atoms with Gasteiger partial charge >= 0.3 is 0 Å². The van der Waals surface area contributed by atoms with Crippen LogP contribution in [0.15, 0.2) is 69.9 Å². The van der Waals surface area contributed by atoms with Crippen molar-refractivity contribution in [3.8, 4) is 11.5 Å². The standard InChI is InChI=1S/C32H33NO5/c1-5-6-10-15-37-24-14-13-23(18-25(24)36-4)29-28-30(34)27-21(3)16-20(2)17-26(27)38-31(28)32(35)33(29)19-22-11-8-7-9-12-22/h7-9,11-14,16-18,29H,5-6,10,15,19H2,1-4H3. The van der Waals surface area contributed by atoms with Gasteiger partial charge in [-0.15, -0.1) is 0 Å². The van der Waals surface area contributed by atoms with Gasteiger partial charge in [0.05, 0.1) is 30.7 Å². The summed E-state index contributed by atoms with van der Waals surface area (Å²) in [5, 5.41) is 0.511. The van der Waals surface area contributed by atoms with Gasteiger partial charge in [-0.2, -0.15) is 0 Å². The minimum absolute atomic E-state index is 0.104. The number of unbranched alkanes of at least 4 members (excludes halogenated alkanes) is 2. The van der Waals surface area contributed by atoms with Gasteiger partial charge in [0.25, 0.3) is 5.91 Å². The van der Waals surface area contributed by atoms with Crippen LogP contribution in [0.25, 0.3) is 11.0 Å². The van der Waals surface area contributed by atoms with Gasteiger partial charge in [0.15, 0.2) is 16.9 Å². The predicted molar refractivity (Wildman–Crippen MR) is 148 cm³/mol. The topological polar surface area (TPSA) is 69.0 Å². The molecule has 6 heteroatoms. The number of benzene rings is 3. The first-order chi connectivity index (χ1) is 18.4. The van der Waals surface area contributed by atoms with Crippen molar-refractivity contribution in [1.82, 2.24) is 4.90 Å². The van der Waals surface area contributed by atoms with Crippen LogP contribution in [0.5, 0.6) is 11.5 Å². The molecule has 0 spiro atoms. The number of methoxy groups -OCH3 is 1. The molecule has 1 atom stereocenters. The first-order valence-electron chi connectivity index (χ1n) is 13.2. The van der Waals surface area contributed by atoms with Gasteiger partial charge in [0.1, 0.15) is 5.58 Å². The molecule has 1 aliphatic rings. The second-order valence-corrected chi connectivity index (χ2v) is 9.92. The minimum Gasteiger partial charge on any atom is -0.493 e. The number of hydrogen-bond donors (Lipinski definition) is 0. The molecule has 0 fully saturated rings. The van der Waals surface area contributed by atoms with Gasteiger partial charge in [0, 0.05) is 6.54 Å². The van der Waals surface area contributed by atoms with Gasteiger partial charge in [-0.05, 0) is 60.7 Å². The number of carbonyl (C=O) groups excluding carboxylic acids is 1. The lowest BCUT2D eigenvalue weighted by Gasteiger charge is -2.26. The summed E-state index contributed by atoms with van der Waals surface area (Å²) < 4.78 is 17.8. The fourth-order valence-corrected chi connectivity index (χ4v) is 5.31. The van der Waals surface area contributed by atoms with E-state index in [4.69, 9.17) is 13.9 Å². The molecule has 5 rings (SSSR count). The monoisotopic (exact) mass is 511 g/mol. The van der Waals surface area contributed by atoms with E-state index in [2.05, 4.69) is 6.92 Å². The van der Waals surface area contributed by atoms with E-state index >= 15 is 0 Å². The zero-order chi connectivity index (χ0) is 26.8. The molecule has 0 bridgehead atoms. The SMILES string of the molecule is CCCCCOc1ccc(C2c3c(oc4cc(C)cc(C)c4c3=O)C(=O)N2Cc2ccccc2)cc1OC. The molecule has 0 saturated carbocycles. The number of aryl methyl sites for hydroxylation is 2. The molecule has 3 aromatic carbocycles. The maximum absolute atomic E-state index is 14.0. The lowest BCUT2D eigenvalue weighted by Crippen LogP contribution is -2.29. The Morgan fingerprint density at radius 1 is 0.947 bits per heavy atom. The fraction of sp³-hybridized carbons (Fsp3) is 0.312. The lowest BCUT2D eigenvalue weighted by atomic mass is 9.96. The van der Waals surface area contributed by atoms with E-state index < -0.39 is 6.04 Å². The maximum Gasteiger partial charge on any atom is 0.291 e. The average Bonchev–Trinajstić information content (AvgIpc) is 3.18. The molecule has 4 aromatic rings. The molecule has 1 aliphatic heterocycles. The van der Waals surface area contributed by atoms with Crippen LogP contribution < -0.4 is 14.9 Å². The molecule has 0 saturated heterocycles. The highest BCUT2D eigenvalue weighted by atomic mass is 16.5. The molecule has 6 nitrogen and oxygen atoms in total. The summed E-state index contributed by atoms with van der Waals surface area (Å²) in [7, 11) is 1.60. The summed E-state index contributed by atoms with van der Waals surface area (Å²) in [6, 6.07) is 18.6. The Bertz CT molecular complexity index is 1540. The second kappa shape index (κ2) is 10.7. The van der Waals surface area contributed by atoms with E-state index in [1.54, 1.807) is 12.0 Å². The molecule has 38 heavy (non-hydrogen) atoms. The lowest BCUT2D eigenvalue weighted by molar-refractivity contribution is 0.0714. The number of fused-ring (bicyclic) bond motifs is 2. The average molecular weight is 512 g/mol. The summed E-state index contributed by atoms with van der Waals surface area (Å²) in [4.78, 5) is 29.5. The first kappa shape index (κ1) is 25.6. The first-order valence-corrected chi connectivity index (χ1v) is 13.2. The van der Waals surface area contributed by atoms with Crippen molar-refractivity contribution in [3.05, 3.63) is 104 Å². The van der Waals surface area contributed by atoms with E-state index in [1.165, 1.54) is 0 Å². The summed E-state index contributed by atoms with van der Waals surface area (Å²) in [6.07, 6.45) is 3.17. The Balaban J connectivity index is 1.65. The van der Waals surface area contributed by atoms with Crippen molar-refractivity contribution in [2.45, 2.75) is 52.6 Å². The fourth-order valence-electron chi connectivity index (χ4n) is 5.31. The summed E-state index contributed by atoms with van der Waals surface area (Å²) in [5.74, 6) is 1.01. The van der Waals surface area contributed by atoms with Crippen LogP contribution in [0, 0.1) is 13.8 Å². The van der Waals surface area contributed by atoms with Crippen LogP contribution in [-0.2, 0) is 6.54 Å². The Morgan fingerprint density at radius 3 is 2.47 bits per heavy atom. The Labute approximate surface area is 222 Å². The van der Waals surface area contributed by atoms with Crippen LogP contribution in [0.3, 0.4) is 0 Å². The number of rotatable bonds is 9.